The molecule has 0 saturated carbocycles. The van der Waals surface area contributed by atoms with E-state index in [2.05, 4.69) is 19.4 Å². The van der Waals surface area contributed by atoms with Crippen molar-refractivity contribution in [2.75, 3.05) is 24.7 Å². The minimum atomic E-state index is -0.273. The van der Waals surface area contributed by atoms with E-state index in [0.29, 0.717) is 23.9 Å². The summed E-state index contributed by atoms with van der Waals surface area (Å²) in [5.74, 6) is 0.691. The number of nitrogens with one attached hydrogen (secondary N) is 2. The number of hydrogen-bond donors (Lipinski definition) is 3. The Morgan fingerprint density at radius 3 is 2.39 bits per heavy atom. The van der Waals surface area contributed by atoms with Gasteiger partial charge in [-0.2, -0.15) is 8.75 Å². The van der Waals surface area contributed by atoms with Crippen molar-refractivity contribution in [1.29, 1.82) is 0 Å². The Hall–Kier alpha value is -3.13. The molecule has 0 aliphatic rings. The van der Waals surface area contributed by atoms with Gasteiger partial charge in [0.15, 0.2) is 17.4 Å². The molecule has 7 nitrogen and oxygen atoms in total. The molecule has 0 radical (unpaired) electrons. The molecule has 0 aliphatic carbocycles. The third-order valence-electron chi connectivity index (χ3n) is 3.72. The Balaban J connectivity index is 0.00000136. The van der Waals surface area contributed by atoms with Gasteiger partial charge in [-0.3, -0.25) is 4.79 Å². The molecule has 2 aromatic carbocycles. The fourth-order valence-electron chi connectivity index (χ4n) is 2.35. The normalized spacial score (nSPS) is 9.86. The number of hydrogen-bond acceptors (Lipinski definition) is 7. The zero-order chi connectivity index (χ0) is 20.5. The summed E-state index contributed by atoms with van der Waals surface area (Å²) in [7, 11) is 3.27. The van der Waals surface area contributed by atoms with Gasteiger partial charge in [-0.05, 0) is 17.7 Å². The smallest absolute Gasteiger partial charge is 0.257 e. The Kier molecular flexibility index (Phi) is 7.76. The van der Waals surface area contributed by atoms with E-state index in [-0.39, 0.29) is 17.2 Å². The van der Waals surface area contributed by atoms with Crippen LogP contribution in [-0.4, -0.2) is 38.8 Å². The predicted octanol–water partition coefficient (Wildman–Crippen LogP) is 4.33. The van der Waals surface area contributed by atoms with Crippen molar-refractivity contribution >= 4 is 35.0 Å². The number of aromatic hydroxyl groups is 1. The molecule has 1 heterocycles. The summed E-state index contributed by atoms with van der Waals surface area (Å²) in [4.78, 5) is 13.6. The van der Waals surface area contributed by atoms with Gasteiger partial charge in [0.1, 0.15) is 0 Å². The number of para-hydroxylation sites is 1. The van der Waals surface area contributed by atoms with Gasteiger partial charge in [0.2, 0.25) is 0 Å². The molecule has 3 N–H and O–H groups in total. The van der Waals surface area contributed by atoms with Gasteiger partial charge < -0.3 is 20.6 Å². The first-order chi connectivity index (χ1) is 13.6. The molecule has 3 aromatic rings. The highest BCUT2D eigenvalue weighted by molar-refractivity contribution is 6.99. The summed E-state index contributed by atoms with van der Waals surface area (Å²) in [6.45, 7) is 4.60. The second kappa shape index (κ2) is 10.3. The number of carbonyl (C=O) groups is 1. The van der Waals surface area contributed by atoms with E-state index in [9.17, 15) is 9.90 Å². The van der Waals surface area contributed by atoms with Gasteiger partial charge in [0, 0.05) is 20.6 Å². The first-order valence-corrected chi connectivity index (χ1v) is 9.70. The van der Waals surface area contributed by atoms with Crippen LogP contribution < -0.4 is 10.6 Å². The molecule has 0 unspecified atom stereocenters. The van der Waals surface area contributed by atoms with Crippen LogP contribution in [0, 0.1) is 0 Å². The monoisotopic (exact) mass is 399 g/mol. The molecule has 0 saturated heterocycles. The molecule has 8 heteroatoms. The van der Waals surface area contributed by atoms with Crippen LogP contribution in [0.15, 0.2) is 48.5 Å². The fraction of sp³-hybridized carbons (Fsp3) is 0.250. The molecule has 0 aliphatic heterocycles. The highest BCUT2D eigenvalue weighted by Crippen LogP contribution is 2.32. The first kappa shape index (κ1) is 21.2. The Morgan fingerprint density at radius 2 is 1.71 bits per heavy atom. The Morgan fingerprint density at radius 1 is 1.04 bits per heavy atom. The average Bonchev–Trinajstić information content (AvgIpc) is 3.16. The number of benzene rings is 2. The topological polar surface area (TPSA) is 90.4 Å². The number of anilines is 3. The minimum Gasteiger partial charge on any atom is -0.505 e. The van der Waals surface area contributed by atoms with Crippen molar-refractivity contribution in [3.05, 3.63) is 59.7 Å². The number of amides is 1. The van der Waals surface area contributed by atoms with E-state index in [4.69, 9.17) is 0 Å². The number of carbonyl (C=O) groups excluding carboxylic acids is 1. The molecular weight excluding hydrogens is 374 g/mol. The van der Waals surface area contributed by atoms with Crippen LogP contribution in [-0.2, 0) is 6.54 Å². The summed E-state index contributed by atoms with van der Waals surface area (Å²) >= 11 is 1.06. The molecule has 1 amide bonds. The van der Waals surface area contributed by atoms with E-state index in [0.717, 1.165) is 17.3 Å². The van der Waals surface area contributed by atoms with Gasteiger partial charge in [-0.1, -0.05) is 50.2 Å². The van der Waals surface area contributed by atoms with Crippen molar-refractivity contribution in [1.82, 2.24) is 13.6 Å². The molecular formula is C20H25N5O2S. The fourth-order valence-corrected chi connectivity index (χ4v) is 2.84. The van der Waals surface area contributed by atoms with Crippen LogP contribution in [0.5, 0.6) is 5.75 Å². The summed E-state index contributed by atoms with van der Waals surface area (Å²) in [5.41, 5.74) is 1.74. The van der Waals surface area contributed by atoms with Crippen LogP contribution >= 0.6 is 11.7 Å². The number of aromatic nitrogens is 2. The van der Waals surface area contributed by atoms with Crippen molar-refractivity contribution < 1.29 is 9.90 Å². The van der Waals surface area contributed by atoms with Crippen LogP contribution in [0.4, 0.5) is 17.3 Å². The second-order valence-electron chi connectivity index (χ2n) is 5.83. The maximum Gasteiger partial charge on any atom is 0.257 e. The van der Waals surface area contributed by atoms with Gasteiger partial charge in [0.05, 0.1) is 23.0 Å². The van der Waals surface area contributed by atoms with Gasteiger partial charge in [0.25, 0.3) is 5.91 Å². The van der Waals surface area contributed by atoms with E-state index in [1.54, 1.807) is 32.3 Å². The highest BCUT2D eigenvalue weighted by atomic mass is 32.1. The Labute approximate surface area is 169 Å². The molecule has 1 aromatic heterocycles. The van der Waals surface area contributed by atoms with Crippen LogP contribution in [0.3, 0.4) is 0 Å². The predicted molar refractivity (Wildman–Crippen MR) is 114 cm³/mol. The number of phenolic OH excluding ortho intramolecular Hbond substituents is 1. The quantitative estimate of drug-likeness (QED) is 0.535. The lowest BCUT2D eigenvalue weighted by atomic mass is 10.1. The molecule has 148 valence electrons. The average molecular weight is 400 g/mol. The van der Waals surface area contributed by atoms with Crippen LogP contribution in [0.1, 0.15) is 29.8 Å². The number of rotatable bonds is 6. The minimum absolute atomic E-state index is 0.117. The van der Waals surface area contributed by atoms with E-state index < -0.39 is 0 Å². The summed E-state index contributed by atoms with van der Waals surface area (Å²) < 4.78 is 8.47. The molecule has 3 rings (SSSR count). The van der Waals surface area contributed by atoms with E-state index in [1.807, 2.05) is 44.2 Å². The molecule has 0 atom stereocenters. The third-order valence-corrected chi connectivity index (χ3v) is 4.25. The first-order valence-electron chi connectivity index (χ1n) is 8.97. The van der Waals surface area contributed by atoms with Gasteiger partial charge >= 0.3 is 0 Å². The lowest BCUT2D eigenvalue weighted by Gasteiger charge is -2.14. The summed E-state index contributed by atoms with van der Waals surface area (Å²) in [6.07, 6.45) is 0. The number of phenols is 1. The zero-order valence-corrected chi connectivity index (χ0v) is 17.2. The summed E-state index contributed by atoms with van der Waals surface area (Å²) in [5, 5.41) is 16.7. The van der Waals surface area contributed by atoms with Crippen molar-refractivity contribution in [3.63, 3.8) is 0 Å². The molecule has 0 fully saturated rings. The van der Waals surface area contributed by atoms with Gasteiger partial charge in [-0.25, -0.2) is 0 Å². The van der Waals surface area contributed by atoms with Crippen molar-refractivity contribution in [2.24, 2.45) is 0 Å². The maximum atomic E-state index is 12.1. The highest BCUT2D eigenvalue weighted by Gasteiger charge is 2.17. The van der Waals surface area contributed by atoms with Gasteiger partial charge in [-0.15, -0.1) is 0 Å². The number of nitrogens with zero attached hydrogens (tertiary/aromatic N) is 3. The third kappa shape index (κ3) is 5.20. The van der Waals surface area contributed by atoms with Crippen LogP contribution in [0.25, 0.3) is 0 Å². The molecule has 0 spiro atoms. The lowest BCUT2D eigenvalue weighted by molar-refractivity contribution is 0.0824. The lowest BCUT2D eigenvalue weighted by Crippen LogP contribution is -2.21. The maximum absolute atomic E-state index is 12.1. The summed E-state index contributed by atoms with van der Waals surface area (Å²) in [6, 6.07) is 14.9. The van der Waals surface area contributed by atoms with E-state index in [1.165, 1.54) is 4.90 Å². The standard InChI is InChI=1S/C18H19N5O2S.C2H6/c1-23(2)18(25)13-9-6-10-14(15(13)24)20-17-16(21-26-22-17)19-11-12-7-4-3-5-8-12;1-2/h3-10,24H,11H2,1-2H3,(H,19,21)(H,20,22);1-2H3. The second-order valence-corrected chi connectivity index (χ2v) is 6.36. The molecule has 0 bridgehead atoms. The van der Waals surface area contributed by atoms with Crippen molar-refractivity contribution in [2.45, 2.75) is 20.4 Å². The zero-order valence-electron chi connectivity index (χ0n) is 16.4. The molecule has 28 heavy (non-hydrogen) atoms. The van der Waals surface area contributed by atoms with E-state index >= 15 is 0 Å². The Bertz CT molecular complexity index is 897. The van der Waals surface area contributed by atoms with Crippen LogP contribution in [0.2, 0.25) is 0 Å². The SMILES string of the molecule is CC.CN(C)C(=O)c1cccc(Nc2nsnc2NCc2ccccc2)c1O. The largest absolute Gasteiger partial charge is 0.505 e. The van der Waals surface area contributed by atoms with Crippen molar-refractivity contribution in [3.8, 4) is 5.75 Å².